The molecule has 0 spiro atoms. The first-order chi connectivity index (χ1) is 10.2. The number of nitrogens with zero attached hydrogens (tertiary/aromatic N) is 1. The Morgan fingerprint density at radius 3 is 2.57 bits per heavy atom. The lowest BCUT2D eigenvalue weighted by atomic mass is 9.96. The number of hydrogen-bond acceptors (Lipinski definition) is 3. The SMILES string of the molecule is O=c1cc(-c2ccc(Cl)cc2)nc(NC2CCCCC2)[nH]1. The molecule has 3 rings (SSSR count). The molecular formula is C16H18ClN3O. The third-order valence-corrected chi connectivity index (χ3v) is 4.08. The standard InChI is InChI=1S/C16H18ClN3O/c17-12-8-6-11(7-9-12)14-10-15(21)20-16(19-14)18-13-4-2-1-3-5-13/h6-10,13H,1-5H2,(H2,18,19,20,21). The molecule has 0 radical (unpaired) electrons. The quantitative estimate of drug-likeness (QED) is 0.906. The van der Waals surface area contributed by atoms with Gasteiger partial charge in [0.05, 0.1) is 5.69 Å². The van der Waals surface area contributed by atoms with Crippen molar-refractivity contribution in [2.45, 2.75) is 38.1 Å². The van der Waals surface area contributed by atoms with Gasteiger partial charge < -0.3 is 5.32 Å². The molecule has 21 heavy (non-hydrogen) atoms. The first-order valence-corrected chi connectivity index (χ1v) is 7.72. The van der Waals surface area contributed by atoms with Gasteiger partial charge in [-0.25, -0.2) is 4.98 Å². The molecule has 0 saturated heterocycles. The van der Waals surface area contributed by atoms with Gasteiger partial charge in [-0.05, 0) is 25.0 Å². The van der Waals surface area contributed by atoms with E-state index < -0.39 is 0 Å². The van der Waals surface area contributed by atoms with Gasteiger partial charge in [0.15, 0.2) is 0 Å². The van der Waals surface area contributed by atoms with Crippen LogP contribution in [-0.2, 0) is 0 Å². The Morgan fingerprint density at radius 2 is 1.86 bits per heavy atom. The number of anilines is 1. The number of nitrogens with one attached hydrogen (secondary N) is 2. The van der Waals surface area contributed by atoms with Gasteiger partial charge in [0.25, 0.3) is 5.56 Å². The molecule has 1 saturated carbocycles. The average molecular weight is 304 g/mol. The summed E-state index contributed by atoms with van der Waals surface area (Å²) < 4.78 is 0. The van der Waals surface area contributed by atoms with Crippen LogP contribution in [-0.4, -0.2) is 16.0 Å². The van der Waals surface area contributed by atoms with E-state index in [4.69, 9.17) is 11.6 Å². The maximum atomic E-state index is 11.8. The minimum Gasteiger partial charge on any atom is -0.353 e. The molecule has 2 N–H and O–H groups in total. The lowest BCUT2D eigenvalue weighted by molar-refractivity contribution is 0.461. The van der Waals surface area contributed by atoms with Gasteiger partial charge in [-0.3, -0.25) is 9.78 Å². The van der Waals surface area contributed by atoms with Gasteiger partial charge in [-0.1, -0.05) is 43.0 Å². The highest BCUT2D eigenvalue weighted by molar-refractivity contribution is 6.30. The first-order valence-electron chi connectivity index (χ1n) is 7.34. The Morgan fingerprint density at radius 1 is 1.14 bits per heavy atom. The van der Waals surface area contributed by atoms with Crippen LogP contribution in [0.1, 0.15) is 32.1 Å². The van der Waals surface area contributed by atoms with Gasteiger partial charge in [0.2, 0.25) is 5.95 Å². The van der Waals surface area contributed by atoms with Crippen molar-refractivity contribution >= 4 is 17.5 Å². The van der Waals surface area contributed by atoms with Crippen molar-refractivity contribution in [3.8, 4) is 11.3 Å². The minimum atomic E-state index is -0.145. The summed E-state index contributed by atoms with van der Waals surface area (Å²) in [6.07, 6.45) is 6.04. The van der Waals surface area contributed by atoms with Crippen molar-refractivity contribution in [1.29, 1.82) is 0 Å². The molecule has 1 heterocycles. The van der Waals surface area contributed by atoms with Gasteiger partial charge >= 0.3 is 0 Å². The van der Waals surface area contributed by atoms with E-state index in [1.165, 1.54) is 25.3 Å². The first kappa shape index (κ1) is 14.1. The normalized spacial score (nSPS) is 15.9. The monoisotopic (exact) mass is 303 g/mol. The molecule has 1 aliphatic rings. The predicted molar refractivity (Wildman–Crippen MR) is 85.8 cm³/mol. The van der Waals surface area contributed by atoms with Gasteiger partial charge in [-0.15, -0.1) is 0 Å². The van der Waals surface area contributed by atoms with E-state index in [9.17, 15) is 4.79 Å². The number of H-pyrrole nitrogens is 1. The molecular weight excluding hydrogens is 286 g/mol. The minimum absolute atomic E-state index is 0.145. The summed E-state index contributed by atoms with van der Waals surface area (Å²) in [5.74, 6) is 0.555. The van der Waals surface area contributed by atoms with Crippen LogP contribution in [0.25, 0.3) is 11.3 Å². The van der Waals surface area contributed by atoms with E-state index in [0.29, 0.717) is 22.7 Å². The summed E-state index contributed by atoms with van der Waals surface area (Å²) >= 11 is 5.89. The zero-order chi connectivity index (χ0) is 14.7. The van der Waals surface area contributed by atoms with E-state index in [2.05, 4.69) is 15.3 Å². The van der Waals surface area contributed by atoms with Crippen molar-refractivity contribution in [3.63, 3.8) is 0 Å². The Hall–Kier alpha value is -1.81. The smallest absolute Gasteiger partial charge is 0.252 e. The van der Waals surface area contributed by atoms with Crippen LogP contribution in [0.5, 0.6) is 0 Å². The Bertz CT molecular complexity index is 660. The van der Waals surface area contributed by atoms with Crippen molar-refractivity contribution in [2.24, 2.45) is 0 Å². The molecule has 110 valence electrons. The topological polar surface area (TPSA) is 57.8 Å². The second-order valence-electron chi connectivity index (χ2n) is 5.47. The number of aromatic amines is 1. The lowest BCUT2D eigenvalue weighted by Gasteiger charge is -2.23. The summed E-state index contributed by atoms with van der Waals surface area (Å²) in [6, 6.07) is 9.25. The molecule has 0 amide bonds. The van der Waals surface area contributed by atoms with Crippen molar-refractivity contribution in [2.75, 3.05) is 5.32 Å². The van der Waals surface area contributed by atoms with Crippen LogP contribution in [0.2, 0.25) is 5.02 Å². The summed E-state index contributed by atoms with van der Waals surface area (Å²) in [5, 5.41) is 4.02. The third kappa shape index (κ3) is 3.64. The highest BCUT2D eigenvalue weighted by Gasteiger charge is 2.14. The maximum Gasteiger partial charge on any atom is 0.252 e. The zero-order valence-corrected chi connectivity index (χ0v) is 12.5. The van der Waals surface area contributed by atoms with Gasteiger partial charge in [-0.2, -0.15) is 0 Å². The van der Waals surface area contributed by atoms with Crippen LogP contribution in [0.4, 0.5) is 5.95 Å². The van der Waals surface area contributed by atoms with E-state index in [0.717, 1.165) is 18.4 Å². The molecule has 2 aromatic rings. The number of hydrogen-bond donors (Lipinski definition) is 2. The average Bonchev–Trinajstić information content (AvgIpc) is 2.48. The number of rotatable bonds is 3. The molecule has 5 heteroatoms. The number of benzene rings is 1. The van der Waals surface area contributed by atoms with Gasteiger partial charge in [0.1, 0.15) is 0 Å². The Labute approximate surface area is 128 Å². The van der Waals surface area contributed by atoms with Crippen LogP contribution in [0.3, 0.4) is 0 Å². The van der Waals surface area contributed by atoms with Crippen LogP contribution in [0, 0.1) is 0 Å². The second-order valence-corrected chi connectivity index (χ2v) is 5.90. The van der Waals surface area contributed by atoms with E-state index in [-0.39, 0.29) is 5.56 Å². The second kappa shape index (κ2) is 6.31. The molecule has 0 unspecified atom stereocenters. The predicted octanol–water partition coefficient (Wildman–Crippen LogP) is 3.83. The maximum absolute atomic E-state index is 11.8. The Balaban J connectivity index is 1.85. The molecule has 1 aliphatic carbocycles. The third-order valence-electron chi connectivity index (χ3n) is 3.83. The van der Waals surface area contributed by atoms with Crippen molar-refractivity contribution < 1.29 is 0 Å². The van der Waals surface area contributed by atoms with E-state index in [1.54, 1.807) is 12.1 Å². The number of aromatic nitrogens is 2. The fraction of sp³-hybridized carbons (Fsp3) is 0.375. The van der Waals surface area contributed by atoms with Crippen molar-refractivity contribution in [3.05, 3.63) is 45.7 Å². The fourth-order valence-electron chi connectivity index (χ4n) is 2.73. The fourth-order valence-corrected chi connectivity index (χ4v) is 2.86. The highest BCUT2D eigenvalue weighted by Crippen LogP contribution is 2.22. The van der Waals surface area contributed by atoms with Crippen LogP contribution >= 0.6 is 11.6 Å². The van der Waals surface area contributed by atoms with Crippen LogP contribution < -0.4 is 10.9 Å². The summed E-state index contributed by atoms with van der Waals surface area (Å²) in [5.41, 5.74) is 1.40. The molecule has 1 aromatic carbocycles. The van der Waals surface area contributed by atoms with E-state index in [1.807, 2.05) is 12.1 Å². The number of halogens is 1. The molecule has 1 aromatic heterocycles. The van der Waals surface area contributed by atoms with Crippen molar-refractivity contribution in [1.82, 2.24) is 9.97 Å². The summed E-state index contributed by atoms with van der Waals surface area (Å²) in [4.78, 5) is 19.1. The molecule has 0 aliphatic heterocycles. The van der Waals surface area contributed by atoms with Crippen LogP contribution in [0.15, 0.2) is 35.1 Å². The largest absolute Gasteiger partial charge is 0.353 e. The van der Waals surface area contributed by atoms with Gasteiger partial charge in [0, 0.05) is 22.7 Å². The highest BCUT2D eigenvalue weighted by atomic mass is 35.5. The molecule has 1 fully saturated rings. The Kier molecular flexibility index (Phi) is 4.25. The molecule has 0 bridgehead atoms. The lowest BCUT2D eigenvalue weighted by Crippen LogP contribution is -2.25. The summed E-state index contributed by atoms with van der Waals surface area (Å²) in [6.45, 7) is 0. The zero-order valence-electron chi connectivity index (χ0n) is 11.7. The van der Waals surface area contributed by atoms with E-state index >= 15 is 0 Å². The summed E-state index contributed by atoms with van der Waals surface area (Å²) in [7, 11) is 0. The molecule has 0 atom stereocenters. The molecule has 4 nitrogen and oxygen atoms in total.